The van der Waals surface area contributed by atoms with Crippen molar-refractivity contribution >= 4 is 23.1 Å². The molecule has 0 saturated carbocycles. The molecular weight excluding hydrogens is 238 g/mol. The maximum atomic E-state index is 9.62. The molecule has 0 aliphatic rings. The van der Waals surface area contributed by atoms with Crippen molar-refractivity contribution in [1.82, 2.24) is 4.98 Å². The van der Waals surface area contributed by atoms with Gasteiger partial charge in [-0.25, -0.2) is 4.98 Å². The number of nitrogens with one attached hydrogen (secondary N) is 1. The topological polar surface area (TPSA) is 71.2 Å². The van der Waals surface area contributed by atoms with E-state index in [9.17, 15) is 5.11 Å². The molecule has 0 radical (unpaired) electrons. The summed E-state index contributed by atoms with van der Waals surface area (Å²) in [6, 6.07) is 10.4. The molecule has 0 aliphatic carbocycles. The number of nitrogens with zero attached hydrogens (tertiary/aromatic N) is 1. The summed E-state index contributed by atoms with van der Waals surface area (Å²) in [5, 5.41) is 13.0. The molecule has 0 saturated heterocycles. The van der Waals surface area contributed by atoms with Crippen LogP contribution >= 0.6 is 11.6 Å². The van der Waals surface area contributed by atoms with Crippen LogP contribution in [0.3, 0.4) is 0 Å². The minimum absolute atomic E-state index is 0.156. The van der Waals surface area contributed by atoms with Gasteiger partial charge in [0, 0.05) is 6.54 Å². The van der Waals surface area contributed by atoms with E-state index in [1.54, 1.807) is 30.3 Å². The van der Waals surface area contributed by atoms with E-state index < -0.39 is 0 Å². The lowest BCUT2D eigenvalue weighted by Gasteiger charge is -2.09. The number of aromatic nitrogens is 1. The molecule has 1 heterocycles. The lowest BCUT2D eigenvalue weighted by molar-refractivity contribution is 0.477. The minimum atomic E-state index is 0.156. The summed E-state index contributed by atoms with van der Waals surface area (Å²) in [5.74, 6) is 0.711. The minimum Gasteiger partial charge on any atom is -0.506 e. The monoisotopic (exact) mass is 249 g/mol. The molecule has 1 aromatic heterocycles. The Kier molecular flexibility index (Phi) is 3.46. The summed E-state index contributed by atoms with van der Waals surface area (Å²) < 4.78 is 0. The largest absolute Gasteiger partial charge is 0.506 e. The van der Waals surface area contributed by atoms with Gasteiger partial charge in [0.2, 0.25) is 0 Å². The highest BCUT2D eigenvalue weighted by Gasteiger charge is 2.03. The fourth-order valence-corrected chi connectivity index (χ4v) is 1.68. The first kappa shape index (κ1) is 11.7. The molecule has 5 heteroatoms. The third-order valence-corrected chi connectivity index (χ3v) is 2.45. The second kappa shape index (κ2) is 5.03. The lowest BCUT2D eigenvalue weighted by Crippen LogP contribution is -2.00. The van der Waals surface area contributed by atoms with Gasteiger partial charge in [-0.3, -0.25) is 0 Å². The molecule has 88 valence electrons. The molecule has 0 unspecified atom stereocenters. The van der Waals surface area contributed by atoms with Gasteiger partial charge in [0.05, 0.1) is 5.69 Å². The smallest absolute Gasteiger partial charge is 0.139 e. The molecule has 4 N–H and O–H groups in total. The third kappa shape index (κ3) is 2.87. The maximum Gasteiger partial charge on any atom is 0.139 e. The van der Waals surface area contributed by atoms with Gasteiger partial charge in [0.1, 0.15) is 16.7 Å². The summed E-state index contributed by atoms with van der Waals surface area (Å²) in [6.07, 6.45) is 0. The van der Waals surface area contributed by atoms with Gasteiger partial charge >= 0.3 is 0 Å². The van der Waals surface area contributed by atoms with E-state index in [4.69, 9.17) is 17.3 Å². The first-order chi connectivity index (χ1) is 8.19. The van der Waals surface area contributed by atoms with Crippen LogP contribution in [0.25, 0.3) is 0 Å². The van der Waals surface area contributed by atoms with E-state index in [1.807, 2.05) is 6.07 Å². The van der Waals surface area contributed by atoms with Crippen LogP contribution in [0.1, 0.15) is 5.56 Å². The van der Waals surface area contributed by atoms with E-state index >= 15 is 0 Å². The molecule has 0 atom stereocenters. The predicted molar refractivity (Wildman–Crippen MR) is 68.5 cm³/mol. The van der Waals surface area contributed by atoms with Crippen molar-refractivity contribution in [1.29, 1.82) is 0 Å². The van der Waals surface area contributed by atoms with Crippen LogP contribution in [0.4, 0.5) is 11.5 Å². The van der Waals surface area contributed by atoms with E-state index in [0.717, 1.165) is 5.56 Å². The quantitative estimate of drug-likeness (QED) is 0.578. The Morgan fingerprint density at radius 2 is 2.06 bits per heavy atom. The highest BCUT2D eigenvalue weighted by atomic mass is 35.5. The van der Waals surface area contributed by atoms with Crippen LogP contribution < -0.4 is 11.1 Å². The first-order valence-corrected chi connectivity index (χ1v) is 5.48. The average Bonchev–Trinajstić information content (AvgIpc) is 2.31. The van der Waals surface area contributed by atoms with Crippen LogP contribution in [0, 0.1) is 0 Å². The van der Waals surface area contributed by atoms with E-state index in [-0.39, 0.29) is 5.75 Å². The predicted octanol–water partition coefficient (Wildman–Crippen LogP) is 2.64. The van der Waals surface area contributed by atoms with Crippen LogP contribution in [0.15, 0.2) is 36.4 Å². The van der Waals surface area contributed by atoms with Crippen molar-refractivity contribution in [3.63, 3.8) is 0 Å². The van der Waals surface area contributed by atoms with E-state index in [2.05, 4.69) is 10.3 Å². The number of aromatic hydroxyl groups is 1. The molecule has 0 bridgehead atoms. The molecular formula is C12H12ClN3O. The van der Waals surface area contributed by atoms with Gasteiger partial charge in [-0.2, -0.15) is 0 Å². The number of phenolic OH excluding ortho intramolecular Hbond substituents is 1. The molecule has 2 aromatic rings. The second-order valence-electron chi connectivity index (χ2n) is 3.53. The Labute approximate surface area is 104 Å². The molecule has 0 amide bonds. The van der Waals surface area contributed by atoms with Gasteiger partial charge < -0.3 is 16.2 Å². The van der Waals surface area contributed by atoms with Gasteiger partial charge in [0.15, 0.2) is 0 Å². The molecule has 0 spiro atoms. The van der Waals surface area contributed by atoms with E-state index in [1.165, 1.54) is 0 Å². The number of nitrogens with two attached hydrogens (primary N) is 1. The number of anilines is 2. The Bertz CT molecular complexity index is 531. The summed E-state index contributed by atoms with van der Waals surface area (Å²) in [5.41, 5.74) is 7.00. The standard InChI is InChI=1S/C12H12ClN3O/c13-11-5-8(7-14)6-12(16-11)15-9-3-1-2-4-10(9)17/h1-6,17H,7,14H2,(H,15,16). The summed E-state index contributed by atoms with van der Waals surface area (Å²) in [7, 11) is 0. The highest BCUT2D eigenvalue weighted by molar-refractivity contribution is 6.29. The van der Waals surface area contributed by atoms with Crippen molar-refractivity contribution in [2.24, 2.45) is 5.73 Å². The average molecular weight is 250 g/mol. The Morgan fingerprint density at radius 1 is 1.29 bits per heavy atom. The fourth-order valence-electron chi connectivity index (χ4n) is 1.45. The number of pyridine rings is 1. The Hall–Kier alpha value is -1.78. The summed E-state index contributed by atoms with van der Waals surface area (Å²) in [6.45, 7) is 0.387. The number of phenols is 1. The second-order valence-corrected chi connectivity index (χ2v) is 3.92. The first-order valence-electron chi connectivity index (χ1n) is 5.10. The molecule has 17 heavy (non-hydrogen) atoms. The van der Waals surface area contributed by atoms with Crippen LogP contribution in [0.2, 0.25) is 5.15 Å². The SMILES string of the molecule is NCc1cc(Cl)nc(Nc2ccccc2O)c1. The molecule has 0 aliphatic heterocycles. The van der Waals surface area contributed by atoms with Gasteiger partial charge in [-0.05, 0) is 29.8 Å². The maximum absolute atomic E-state index is 9.62. The van der Waals surface area contributed by atoms with Crippen LogP contribution in [-0.2, 0) is 6.54 Å². The van der Waals surface area contributed by atoms with Gasteiger partial charge in [0.25, 0.3) is 0 Å². The Balaban J connectivity index is 2.30. The fraction of sp³-hybridized carbons (Fsp3) is 0.0833. The number of benzene rings is 1. The zero-order valence-electron chi connectivity index (χ0n) is 9.02. The van der Waals surface area contributed by atoms with Crippen LogP contribution in [0.5, 0.6) is 5.75 Å². The number of rotatable bonds is 3. The highest BCUT2D eigenvalue weighted by Crippen LogP contribution is 2.26. The normalized spacial score (nSPS) is 10.2. The lowest BCUT2D eigenvalue weighted by atomic mass is 10.2. The molecule has 2 rings (SSSR count). The number of hydrogen-bond acceptors (Lipinski definition) is 4. The number of para-hydroxylation sites is 2. The zero-order valence-corrected chi connectivity index (χ0v) is 9.78. The van der Waals surface area contributed by atoms with Crippen molar-refractivity contribution in [2.45, 2.75) is 6.54 Å². The van der Waals surface area contributed by atoms with Gasteiger partial charge in [-0.1, -0.05) is 23.7 Å². The van der Waals surface area contributed by atoms with Crippen molar-refractivity contribution in [3.8, 4) is 5.75 Å². The zero-order chi connectivity index (χ0) is 12.3. The van der Waals surface area contributed by atoms with E-state index in [0.29, 0.717) is 23.2 Å². The molecule has 4 nitrogen and oxygen atoms in total. The Morgan fingerprint density at radius 3 is 2.76 bits per heavy atom. The molecule has 0 fully saturated rings. The van der Waals surface area contributed by atoms with Gasteiger partial charge in [-0.15, -0.1) is 0 Å². The van der Waals surface area contributed by atoms with Crippen molar-refractivity contribution in [2.75, 3.05) is 5.32 Å². The third-order valence-electron chi connectivity index (χ3n) is 2.26. The molecule has 1 aromatic carbocycles. The summed E-state index contributed by atoms with van der Waals surface area (Å²) in [4.78, 5) is 4.11. The van der Waals surface area contributed by atoms with Crippen LogP contribution in [-0.4, -0.2) is 10.1 Å². The van der Waals surface area contributed by atoms with Crippen molar-refractivity contribution in [3.05, 3.63) is 47.1 Å². The van der Waals surface area contributed by atoms with Crippen molar-refractivity contribution < 1.29 is 5.11 Å². The number of hydrogen-bond donors (Lipinski definition) is 3. The number of halogens is 1. The summed E-state index contributed by atoms with van der Waals surface area (Å²) >= 11 is 5.87.